The number of rotatable bonds is 2. The van der Waals surface area contributed by atoms with Crippen LogP contribution in [0.25, 0.3) is 0 Å². The third-order valence-corrected chi connectivity index (χ3v) is 1.76. The van der Waals surface area contributed by atoms with Crippen molar-refractivity contribution in [2.24, 2.45) is 0 Å². The summed E-state index contributed by atoms with van der Waals surface area (Å²) in [4.78, 5) is 0. The molecular formula is C8H16O3. The Kier molecular flexibility index (Phi) is 2.52. The van der Waals surface area contributed by atoms with E-state index in [1.54, 1.807) is 7.11 Å². The lowest BCUT2D eigenvalue weighted by Crippen LogP contribution is -2.25. The summed E-state index contributed by atoms with van der Waals surface area (Å²) in [6.45, 7) is 6.43. The molecule has 0 saturated carbocycles. The minimum atomic E-state index is -0.442. The van der Waals surface area contributed by atoms with Gasteiger partial charge >= 0.3 is 0 Å². The molecule has 0 aromatic carbocycles. The van der Waals surface area contributed by atoms with Crippen LogP contribution >= 0.6 is 0 Å². The Labute approximate surface area is 67.6 Å². The minimum Gasteiger partial charge on any atom is -0.382 e. The zero-order chi connectivity index (χ0) is 8.48. The SMILES string of the molecule is COCC1OC(C)(C)OC1C. The average molecular weight is 160 g/mol. The summed E-state index contributed by atoms with van der Waals surface area (Å²) in [5, 5.41) is 0. The maximum atomic E-state index is 5.55. The lowest BCUT2D eigenvalue weighted by atomic mass is 10.2. The lowest BCUT2D eigenvalue weighted by Gasteiger charge is -2.16. The van der Waals surface area contributed by atoms with Gasteiger partial charge in [-0.05, 0) is 20.8 Å². The van der Waals surface area contributed by atoms with E-state index in [1.807, 2.05) is 20.8 Å². The number of ether oxygens (including phenoxy) is 3. The highest BCUT2D eigenvalue weighted by Crippen LogP contribution is 2.27. The molecule has 3 nitrogen and oxygen atoms in total. The first-order valence-electron chi connectivity index (χ1n) is 3.90. The summed E-state index contributed by atoms with van der Waals surface area (Å²) in [5.41, 5.74) is 0. The first kappa shape index (κ1) is 8.97. The molecular weight excluding hydrogens is 144 g/mol. The zero-order valence-electron chi connectivity index (χ0n) is 7.59. The van der Waals surface area contributed by atoms with E-state index in [9.17, 15) is 0 Å². The van der Waals surface area contributed by atoms with Crippen molar-refractivity contribution in [1.82, 2.24) is 0 Å². The first-order valence-corrected chi connectivity index (χ1v) is 3.90. The van der Waals surface area contributed by atoms with Crippen LogP contribution in [0.1, 0.15) is 20.8 Å². The van der Waals surface area contributed by atoms with Crippen LogP contribution in [0.5, 0.6) is 0 Å². The van der Waals surface area contributed by atoms with E-state index < -0.39 is 5.79 Å². The van der Waals surface area contributed by atoms with Crippen LogP contribution in [-0.4, -0.2) is 31.7 Å². The van der Waals surface area contributed by atoms with Gasteiger partial charge in [-0.15, -0.1) is 0 Å². The highest BCUT2D eigenvalue weighted by molar-refractivity contribution is 4.77. The molecule has 0 N–H and O–H groups in total. The molecule has 0 radical (unpaired) electrons. The summed E-state index contributed by atoms with van der Waals surface area (Å²) in [6.07, 6.45) is 0.208. The van der Waals surface area contributed by atoms with Crippen molar-refractivity contribution in [3.05, 3.63) is 0 Å². The summed E-state index contributed by atoms with van der Waals surface area (Å²) in [6, 6.07) is 0. The lowest BCUT2D eigenvalue weighted by molar-refractivity contribution is -0.148. The van der Waals surface area contributed by atoms with Gasteiger partial charge < -0.3 is 14.2 Å². The number of hydrogen-bond acceptors (Lipinski definition) is 3. The maximum absolute atomic E-state index is 5.55. The van der Waals surface area contributed by atoms with Gasteiger partial charge in [0.15, 0.2) is 5.79 Å². The maximum Gasteiger partial charge on any atom is 0.163 e. The van der Waals surface area contributed by atoms with E-state index in [2.05, 4.69) is 0 Å². The molecule has 2 unspecified atom stereocenters. The van der Waals surface area contributed by atoms with Crippen molar-refractivity contribution in [2.75, 3.05) is 13.7 Å². The van der Waals surface area contributed by atoms with Crippen LogP contribution < -0.4 is 0 Å². The highest BCUT2D eigenvalue weighted by atomic mass is 16.8. The van der Waals surface area contributed by atoms with Gasteiger partial charge in [0.05, 0.1) is 12.7 Å². The standard InChI is InChI=1S/C8H16O3/c1-6-7(5-9-4)11-8(2,3)10-6/h6-7H,5H2,1-4H3. The molecule has 0 amide bonds. The molecule has 0 aromatic rings. The third-order valence-electron chi connectivity index (χ3n) is 1.76. The molecule has 3 heteroatoms. The summed E-state index contributed by atoms with van der Waals surface area (Å²) in [5.74, 6) is -0.442. The van der Waals surface area contributed by atoms with Crippen molar-refractivity contribution >= 4 is 0 Å². The first-order chi connectivity index (χ1) is 5.05. The van der Waals surface area contributed by atoms with Crippen LogP contribution in [0.15, 0.2) is 0 Å². The molecule has 1 aliphatic heterocycles. The van der Waals surface area contributed by atoms with Crippen molar-refractivity contribution in [1.29, 1.82) is 0 Å². The normalized spacial score (nSPS) is 36.0. The number of methoxy groups -OCH3 is 1. The fourth-order valence-electron chi connectivity index (χ4n) is 1.35. The van der Waals surface area contributed by atoms with E-state index >= 15 is 0 Å². The molecule has 2 atom stereocenters. The third kappa shape index (κ3) is 2.15. The second-order valence-corrected chi connectivity index (χ2v) is 3.33. The van der Waals surface area contributed by atoms with E-state index in [0.29, 0.717) is 6.61 Å². The smallest absolute Gasteiger partial charge is 0.163 e. The monoisotopic (exact) mass is 160 g/mol. The van der Waals surface area contributed by atoms with Crippen LogP contribution in [0.4, 0.5) is 0 Å². The molecule has 66 valence electrons. The van der Waals surface area contributed by atoms with Crippen molar-refractivity contribution in [2.45, 2.75) is 38.8 Å². The van der Waals surface area contributed by atoms with Crippen molar-refractivity contribution < 1.29 is 14.2 Å². The van der Waals surface area contributed by atoms with Crippen LogP contribution in [0, 0.1) is 0 Å². The summed E-state index contributed by atoms with van der Waals surface area (Å²) < 4.78 is 16.1. The van der Waals surface area contributed by atoms with Crippen molar-refractivity contribution in [3.8, 4) is 0 Å². The fourth-order valence-corrected chi connectivity index (χ4v) is 1.35. The predicted molar refractivity (Wildman–Crippen MR) is 41.4 cm³/mol. The zero-order valence-corrected chi connectivity index (χ0v) is 7.59. The van der Waals surface area contributed by atoms with Gasteiger partial charge in [0, 0.05) is 7.11 Å². The molecule has 1 saturated heterocycles. The number of hydrogen-bond donors (Lipinski definition) is 0. The Morgan fingerprint density at radius 1 is 1.36 bits per heavy atom. The molecule has 0 aliphatic carbocycles. The van der Waals surface area contributed by atoms with E-state index in [1.165, 1.54) is 0 Å². The predicted octanol–water partition coefficient (Wildman–Crippen LogP) is 1.17. The molecule has 0 bridgehead atoms. The van der Waals surface area contributed by atoms with Gasteiger partial charge in [0.2, 0.25) is 0 Å². The summed E-state index contributed by atoms with van der Waals surface area (Å²) in [7, 11) is 1.67. The van der Waals surface area contributed by atoms with Gasteiger partial charge in [-0.1, -0.05) is 0 Å². The molecule has 1 rings (SSSR count). The Morgan fingerprint density at radius 2 is 2.00 bits per heavy atom. The van der Waals surface area contributed by atoms with Gasteiger partial charge in [0.25, 0.3) is 0 Å². The Balaban J connectivity index is 2.45. The topological polar surface area (TPSA) is 27.7 Å². The Morgan fingerprint density at radius 3 is 2.36 bits per heavy atom. The van der Waals surface area contributed by atoms with Gasteiger partial charge in [-0.25, -0.2) is 0 Å². The molecule has 1 heterocycles. The molecule has 11 heavy (non-hydrogen) atoms. The van der Waals surface area contributed by atoms with E-state index in [-0.39, 0.29) is 12.2 Å². The largest absolute Gasteiger partial charge is 0.382 e. The van der Waals surface area contributed by atoms with Crippen LogP contribution in [0.3, 0.4) is 0 Å². The minimum absolute atomic E-state index is 0.0787. The molecule has 1 fully saturated rings. The quantitative estimate of drug-likeness (QED) is 0.607. The van der Waals surface area contributed by atoms with E-state index in [0.717, 1.165) is 0 Å². The van der Waals surface area contributed by atoms with Crippen LogP contribution in [0.2, 0.25) is 0 Å². The van der Waals surface area contributed by atoms with Gasteiger partial charge in [-0.3, -0.25) is 0 Å². The highest BCUT2D eigenvalue weighted by Gasteiger charge is 2.38. The van der Waals surface area contributed by atoms with Gasteiger partial charge in [-0.2, -0.15) is 0 Å². The Bertz CT molecular complexity index is 133. The second kappa shape index (κ2) is 3.09. The van der Waals surface area contributed by atoms with Crippen molar-refractivity contribution in [3.63, 3.8) is 0 Å². The average Bonchev–Trinajstić information content (AvgIpc) is 2.07. The molecule has 1 aliphatic rings. The Hall–Kier alpha value is -0.120. The van der Waals surface area contributed by atoms with Gasteiger partial charge in [0.1, 0.15) is 6.10 Å². The van der Waals surface area contributed by atoms with E-state index in [4.69, 9.17) is 14.2 Å². The van der Waals surface area contributed by atoms with Crippen LogP contribution in [-0.2, 0) is 14.2 Å². The molecule has 0 aromatic heterocycles. The molecule has 0 spiro atoms. The fraction of sp³-hybridized carbons (Fsp3) is 1.00. The second-order valence-electron chi connectivity index (χ2n) is 3.33. The summed E-state index contributed by atoms with van der Waals surface area (Å²) >= 11 is 0.